The van der Waals surface area contributed by atoms with Crippen molar-refractivity contribution in [2.45, 2.75) is 13.3 Å². The molecule has 0 aliphatic heterocycles. The maximum Gasteiger partial charge on any atom is 0.307 e. The number of nitrogens with zero attached hydrogens (tertiary/aromatic N) is 4. The molecule has 0 amide bonds. The lowest BCUT2D eigenvalue weighted by atomic mass is 10.0. The highest BCUT2D eigenvalue weighted by atomic mass is 16.4. The SMILES string of the molecule is Cc1c(CC(=O)O)cccc1-n1cnnn1. The number of rotatable bonds is 3. The quantitative estimate of drug-likeness (QED) is 0.815. The van der Waals surface area contributed by atoms with Crippen molar-refractivity contribution in [1.82, 2.24) is 20.2 Å². The van der Waals surface area contributed by atoms with E-state index in [2.05, 4.69) is 15.5 Å². The normalized spacial score (nSPS) is 10.3. The number of carboxylic acids is 1. The highest BCUT2D eigenvalue weighted by molar-refractivity contribution is 5.71. The van der Waals surface area contributed by atoms with Crippen LogP contribution in [0.15, 0.2) is 24.5 Å². The number of hydrogen-bond donors (Lipinski definition) is 1. The Morgan fingerprint density at radius 1 is 1.50 bits per heavy atom. The summed E-state index contributed by atoms with van der Waals surface area (Å²) in [6.07, 6.45) is 1.48. The van der Waals surface area contributed by atoms with Crippen molar-refractivity contribution in [3.8, 4) is 5.69 Å². The summed E-state index contributed by atoms with van der Waals surface area (Å²) in [5.41, 5.74) is 2.43. The molecule has 6 heteroatoms. The fraction of sp³-hybridized carbons (Fsp3) is 0.200. The Hall–Kier alpha value is -2.24. The Bertz CT molecular complexity index is 508. The second kappa shape index (κ2) is 4.09. The predicted octanol–water partition coefficient (Wildman–Crippen LogP) is 0.598. The van der Waals surface area contributed by atoms with E-state index in [4.69, 9.17) is 5.11 Å². The van der Waals surface area contributed by atoms with Crippen molar-refractivity contribution in [3.05, 3.63) is 35.7 Å². The molecule has 1 heterocycles. The molecular weight excluding hydrogens is 208 g/mol. The van der Waals surface area contributed by atoms with Crippen LogP contribution >= 0.6 is 0 Å². The van der Waals surface area contributed by atoms with Crippen molar-refractivity contribution in [1.29, 1.82) is 0 Å². The summed E-state index contributed by atoms with van der Waals surface area (Å²) in [6.45, 7) is 1.86. The van der Waals surface area contributed by atoms with Gasteiger partial charge in [0.1, 0.15) is 6.33 Å². The Labute approximate surface area is 91.5 Å². The minimum Gasteiger partial charge on any atom is -0.481 e. The largest absolute Gasteiger partial charge is 0.481 e. The number of hydrogen-bond acceptors (Lipinski definition) is 4. The van der Waals surface area contributed by atoms with Gasteiger partial charge in [-0.05, 0) is 34.5 Å². The number of aliphatic carboxylic acids is 1. The van der Waals surface area contributed by atoms with Crippen molar-refractivity contribution in [2.75, 3.05) is 0 Å². The van der Waals surface area contributed by atoms with Gasteiger partial charge in [0.25, 0.3) is 0 Å². The van der Waals surface area contributed by atoms with Crippen LogP contribution in [-0.2, 0) is 11.2 Å². The van der Waals surface area contributed by atoms with Crippen molar-refractivity contribution in [3.63, 3.8) is 0 Å². The molecule has 0 bridgehead atoms. The first kappa shape index (κ1) is 10.3. The van der Waals surface area contributed by atoms with Gasteiger partial charge in [-0.3, -0.25) is 4.79 Å². The fourth-order valence-corrected chi connectivity index (χ4v) is 1.54. The van der Waals surface area contributed by atoms with Crippen LogP contribution in [0, 0.1) is 6.92 Å². The molecule has 0 aliphatic carbocycles. The average Bonchev–Trinajstić information content (AvgIpc) is 2.73. The number of carboxylic acid groups (broad SMARTS) is 1. The molecule has 0 saturated carbocycles. The molecule has 82 valence electrons. The molecular formula is C10H10N4O2. The number of tetrazole rings is 1. The molecule has 2 rings (SSSR count). The number of carbonyl (C=O) groups is 1. The second-order valence-electron chi connectivity index (χ2n) is 3.39. The molecule has 0 radical (unpaired) electrons. The lowest BCUT2D eigenvalue weighted by molar-refractivity contribution is -0.136. The highest BCUT2D eigenvalue weighted by Gasteiger charge is 2.09. The smallest absolute Gasteiger partial charge is 0.307 e. The van der Waals surface area contributed by atoms with Crippen molar-refractivity contribution >= 4 is 5.97 Å². The van der Waals surface area contributed by atoms with Crippen LogP contribution in [0.3, 0.4) is 0 Å². The highest BCUT2D eigenvalue weighted by Crippen LogP contribution is 2.17. The van der Waals surface area contributed by atoms with Crippen LogP contribution in [0.4, 0.5) is 0 Å². The maximum absolute atomic E-state index is 10.7. The molecule has 0 atom stereocenters. The second-order valence-corrected chi connectivity index (χ2v) is 3.39. The molecule has 0 aliphatic rings. The van der Waals surface area contributed by atoms with E-state index in [9.17, 15) is 4.79 Å². The summed E-state index contributed by atoms with van der Waals surface area (Å²) < 4.78 is 1.51. The van der Waals surface area contributed by atoms with Gasteiger partial charge in [-0.1, -0.05) is 12.1 Å². The zero-order valence-electron chi connectivity index (χ0n) is 8.66. The lowest BCUT2D eigenvalue weighted by Gasteiger charge is -2.08. The lowest BCUT2D eigenvalue weighted by Crippen LogP contribution is -2.05. The van der Waals surface area contributed by atoms with Crippen molar-refractivity contribution in [2.24, 2.45) is 0 Å². The summed E-state index contributed by atoms with van der Waals surface area (Å²) in [4.78, 5) is 10.7. The van der Waals surface area contributed by atoms with Gasteiger partial charge in [0, 0.05) is 0 Å². The van der Waals surface area contributed by atoms with Crippen LogP contribution in [0.5, 0.6) is 0 Å². The zero-order chi connectivity index (χ0) is 11.5. The van der Waals surface area contributed by atoms with E-state index in [1.807, 2.05) is 13.0 Å². The molecule has 2 aromatic rings. The summed E-state index contributed by atoms with van der Waals surface area (Å²) in [5, 5.41) is 19.6. The third-order valence-corrected chi connectivity index (χ3v) is 2.35. The first-order valence-corrected chi connectivity index (χ1v) is 4.72. The van der Waals surface area contributed by atoms with E-state index in [0.717, 1.165) is 16.8 Å². The Kier molecular flexibility index (Phi) is 2.63. The molecule has 1 N–H and O–H groups in total. The molecule has 1 aromatic heterocycles. The molecule has 0 fully saturated rings. The van der Waals surface area contributed by atoms with E-state index in [1.165, 1.54) is 11.0 Å². The minimum atomic E-state index is -0.850. The van der Waals surface area contributed by atoms with E-state index >= 15 is 0 Å². The predicted molar refractivity (Wildman–Crippen MR) is 55.2 cm³/mol. The third kappa shape index (κ3) is 1.90. The summed E-state index contributed by atoms with van der Waals surface area (Å²) in [7, 11) is 0. The molecule has 1 aromatic carbocycles. The van der Waals surface area contributed by atoms with Crippen LogP contribution in [0.1, 0.15) is 11.1 Å². The first-order chi connectivity index (χ1) is 7.68. The summed E-state index contributed by atoms with van der Waals surface area (Å²) in [5.74, 6) is -0.850. The van der Waals surface area contributed by atoms with Gasteiger partial charge in [0.05, 0.1) is 12.1 Å². The van der Waals surface area contributed by atoms with Gasteiger partial charge in [0.15, 0.2) is 0 Å². The molecule has 16 heavy (non-hydrogen) atoms. The fourth-order valence-electron chi connectivity index (χ4n) is 1.54. The maximum atomic E-state index is 10.7. The Balaban J connectivity index is 2.45. The molecule has 0 unspecified atom stereocenters. The van der Waals surface area contributed by atoms with Crippen LogP contribution in [0.2, 0.25) is 0 Å². The Morgan fingerprint density at radius 3 is 2.94 bits per heavy atom. The minimum absolute atomic E-state index is 0.00178. The molecule has 0 saturated heterocycles. The van der Waals surface area contributed by atoms with E-state index in [0.29, 0.717) is 0 Å². The number of benzene rings is 1. The Morgan fingerprint density at radius 2 is 2.31 bits per heavy atom. The van der Waals surface area contributed by atoms with Crippen molar-refractivity contribution < 1.29 is 9.90 Å². The summed E-state index contributed by atoms with van der Waals surface area (Å²) >= 11 is 0. The number of aromatic nitrogens is 4. The van der Waals surface area contributed by atoms with E-state index < -0.39 is 5.97 Å². The van der Waals surface area contributed by atoms with Gasteiger partial charge in [0.2, 0.25) is 0 Å². The van der Waals surface area contributed by atoms with Gasteiger partial charge in [-0.2, -0.15) is 0 Å². The zero-order valence-corrected chi connectivity index (χ0v) is 8.66. The topological polar surface area (TPSA) is 80.9 Å². The van der Waals surface area contributed by atoms with Gasteiger partial charge in [-0.25, -0.2) is 4.68 Å². The molecule has 0 spiro atoms. The molecule has 6 nitrogen and oxygen atoms in total. The van der Waals surface area contributed by atoms with Crippen LogP contribution in [0.25, 0.3) is 5.69 Å². The van der Waals surface area contributed by atoms with Crippen LogP contribution < -0.4 is 0 Å². The third-order valence-electron chi connectivity index (χ3n) is 2.35. The van der Waals surface area contributed by atoms with Gasteiger partial charge in [-0.15, -0.1) is 5.10 Å². The monoisotopic (exact) mass is 218 g/mol. The average molecular weight is 218 g/mol. The van der Waals surface area contributed by atoms with Gasteiger partial charge >= 0.3 is 5.97 Å². The summed E-state index contributed by atoms with van der Waals surface area (Å²) in [6, 6.07) is 5.43. The standard InChI is InChI=1S/C10H10N4O2/c1-7-8(5-10(15)16)3-2-4-9(7)14-6-11-12-13-14/h2-4,6H,5H2,1H3,(H,15,16). The first-order valence-electron chi connectivity index (χ1n) is 4.72. The van der Waals surface area contributed by atoms with E-state index in [1.54, 1.807) is 12.1 Å². The van der Waals surface area contributed by atoms with Gasteiger partial charge < -0.3 is 5.11 Å². The van der Waals surface area contributed by atoms with Crippen LogP contribution in [-0.4, -0.2) is 31.3 Å². The van der Waals surface area contributed by atoms with E-state index in [-0.39, 0.29) is 6.42 Å².